The molecule has 212 valence electrons. The Kier molecular flexibility index (Phi) is 7.01. The van der Waals surface area contributed by atoms with Gasteiger partial charge in [-0.3, -0.25) is 5.32 Å². The van der Waals surface area contributed by atoms with E-state index >= 15 is 0 Å². The zero-order chi connectivity index (χ0) is 27.2. The van der Waals surface area contributed by atoms with Gasteiger partial charge in [-0.1, -0.05) is 43.5 Å². The average molecular weight is 566 g/mol. The minimum Gasteiger partial charge on any atom is -0.376 e. The number of aromatic nitrogens is 4. The Morgan fingerprint density at radius 2 is 1.95 bits per heavy atom. The predicted octanol–water partition coefficient (Wildman–Crippen LogP) is 5.36. The topological polar surface area (TPSA) is 106 Å². The third-order valence-electron chi connectivity index (χ3n) is 9.01. The van der Waals surface area contributed by atoms with Crippen LogP contribution in [0.5, 0.6) is 0 Å². The Morgan fingerprint density at radius 3 is 2.75 bits per heavy atom. The minimum atomic E-state index is -0.672. The zero-order valence-corrected chi connectivity index (χ0v) is 23.6. The van der Waals surface area contributed by atoms with Gasteiger partial charge in [-0.25, -0.2) is 14.8 Å². The van der Waals surface area contributed by atoms with Crippen LogP contribution in [0.15, 0.2) is 24.3 Å². The third kappa shape index (κ3) is 4.90. The largest absolute Gasteiger partial charge is 0.427 e. The molecule has 0 spiro atoms. The number of benzene rings is 1. The van der Waals surface area contributed by atoms with Gasteiger partial charge in [0.15, 0.2) is 17.6 Å². The van der Waals surface area contributed by atoms with E-state index in [1.807, 2.05) is 24.3 Å². The molecule has 1 amide bonds. The number of piperidine rings is 1. The Bertz CT molecular complexity index is 1400. The van der Waals surface area contributed by atoms with E-state index in [1.165, 1.54) is 25.7 Å². The second kappa shape index (κ2) is 10.8. The van der Waals surface area contributed by atoms with Crippen molar-refractivity contribution >= 4 is 34.8 Å². The van der Waals surface area contributed by atoms with Crippen molar-refractivity contribution in [2.24, 2.45) is 11.8 Å². The van der Waals surface area contributed by atoms with E-state index in [0.717, 1.165) is 74.0 Å². The van der Waals surface area contributed by atoms with Crippen LogP contribution in [0.3, 0.4) is 0 Å². The highest BCUT2D eigenvalue weighted by molar-refractivity contribution is 6.30. The molecule has 3 saturated heterocycles. The quantitative estimate of drug-likeness (QED) is 0.425. The maximum absolute atomic E-state index is 11.8. The molecule has 3 atom stereocenters. The first kappa shape index (κ1) is 26.0. The predicted molar refractivity (Wildman–Crippen MR) is 152 cm³/mol. The number of carbonyl (C=O) groups is 1. The summed E-state index contributed by atoms with van der Waals surface area (Å²) in [5.74, 6) is 2.69. The SMILES string of the molecule is CC1CCC(Cn2c(N3CCCC4OCCCC43)nc3nc(C4NOC(=O)N4)nc(-c4cccc(Cl)c4)c32)CC1. The number of hydrogen-bond acceptors (Lipinski definition) is 8. The average Bonchev–Trinajstić information content (AvgIpc) is 3.57. The van der Waals surface area contributed by atoms with Crippen molar-refractivity contribution in [3.05, 3.63) is 35.1 Å². The molecule has 4 aliphatic rings. The summed E-state index contributed by atoms with van der Waals surface area (Å²) in [7, 11) is 0. The molecule has 0 radical (unpaired) electrons. The van der Waals surface area contributed by atoms with Crippen molar-refractivity contribution in [2.45, 2.75) is 83.1 Å². The van der Waals surface area contributed by atoms with Gasteiger partial charge in [-0.2, -0.15) is 4.98 Å². The van der Waals surface area contributed by atoms with Gasteiger partial charge in [0.2, 0.25) is 5.95 Å². The number of nitrogens with zero attached hydrogens (tertiary/aromatic N) is 5. The summed E-state index contributed by atoms with van der Waals surface area (Å²) in [5, 5.41) is 3.36. The molecule has 3 unspecified atom stereocenters. The van der Waals surface area contributed by atoms with Gasteiger partial charge in [-0.15, -0.1) is 5.48 Å². The zero-order valence-electron chi connectivity index (χ0n) is 22.8. The molecular formula is C29H36ClN7O3. The van der Waals surface area contributed by atoms with Crippen molar-refractivity contribution in [1.29, 1.82) is 0 Å². The Labute approximate surface area is 238 Å². The lowest BCUT2D eigenvalue weighted by atomic mass is 9.83. The Morgan fingerprint density at radius 1 is 1.07 bits per heavy atom. The van der Waals surface area contributed by atoms with Crippen molar-refractivity contribution in [2.75, 3.05) is 18.1 Å². The number of imidazole rings is 1. The maximum Gasteiger partial charge on any atom is 0.427 e. The first-order chi connectivity index (χ1) is 19.5. The third-order valence-corrected chi connectivity index (χ3v) is 9.25. The fourth-order valence-corrected chi connectivity index (χ4v) is 7.10. The van der Waals surface area contributed by atoms with Crippen LogP contribution in [0.1, 0.15) is 70.3 Å². The number of nitrogens with one attached hydrogen (secondary N) is 2. The Hall–Kier alpha value is -2.95. The van der Waals surface area contributed by atoms with Crippen molar-refractivity contribution in [3.63, 3.8) is 0 Å². The van der Waals surface area contributed by atoms with E-state index in [2.05, 4.69) is 27.2 Å². The van der Waals surface area contributed by atoms with Gasteiger partial charge in [0.1, 0.15) is 11.2 Å². The van der Waals surface area contributed by atoms with E-state index in [1.54, 1.807) is 0 Å². The van der Waals surface area contributed by atoms with E-state index < -0.39 is 12.3 Å². The number of hydrogen-bond donors (Lipinski definition) is 2. The lowest BCUT2D eigenvalue weighted by Crippen LogP contribution is -2.52. The van der Waals surface area contributed by atoms with Gasteiger partial charge >= 0.3 is 6.09 Å². The van der Waals surface area contributed by atoms with E-state index in [4.69, 9.17) is 36.1 Å². The molecule has 1 aromatic carbocycles. The summed E-state index contributed by atoms with van der Waals surface area (Å²) < 4.78 is 8.61. The molecule has 10 nitrogen and oxygen atoms in total. The molecule has 40 heavy (non-hydrogen) atoms. The standard InChI is InChI=1S/C29H36ClN7O3/c1-17-9-11-18(12-10-17)16-37-24-23(19-5-2-6-20(30)15-19)31-26(27-34-29(38)40-35-27)32-25(24)33-28(37)36-13-3-8-22-21(36)7-4-14-39-22/h2,5-6,15,17-18,21-22,27,35H,3-4,7-14,16H2,1H3,(H,34,38). The highest BCUT2D eigenvalue weighted by Gasteiger charge is 2.38. The van der Waals surface area contributed by atoms with E-state index in [-0.39, 0.29) is 6.10 Å². The summed E-state index contributed by atoms with van der Waals surface area (Å²) >= 11 is 6.47. The van der Waals surface area contributed by atoms with Gasteiger partial charge in [0, 0.05) is 30.3 Å². The number of hydroxylamine groups is 1. The van der Waals surface area contributed by atoms with Gasteiger partial charge in [0.05, 0.1) is 12.1 Å². The number of carbonyl (C=O) groups excluding carboxylic acids is 1. The molecule has 2 aromatic heterocycles. The van der Waals surface area contributed by atoms with Crippen LogP contribution in [-0.2, 0) is 16.1 Å². The van der Waals surface area contributed by atoms with Gasteiger partial charge in [0.25, 0.3) is 0 Å². The molecule has 5 heterocycles. The molecule has 4 fully saturated rings. The number of halogens is 1. The van der Waals surface area contributed by atoms with Crippen LogP contribution in [0.25, 0.3) is 22.4 Å². The number of fused-ring (bicyclic) bond motifs is 2. The number of anilines is 1. The van der Waals surface area contributed by atoms with Gasteiger partial charge in [-0.05, 0) is 62.5 Å². The summed E-state index contributed by atoms with van der Waals surface area (Å²) in [6.07, 6.45) is 8.23. The first-order valence-electron chi connectivity index (χ1n) is 14.7. The molecule has 2 N–H and O–H groups in total. The van der Waals surface area contributed by atoms with Crippen molar-refractivity contribution in [3.8, 4) is 11.3 Å². The second-order valence-corrected chi connectivity index (χ2v) is 12.2. The van der Waals surface area contributed by atoms with E-state index in [0.29, 0.717) is 28.5 Å². The Balaban J connectivity index is 1.41. The van der Waals surface area contributed by atoms with Crippen LogP contribution in [0.2, 0.25) is 5.02 Å². The monoisotopic (exact) mass is 565 g/mol. The van der Waals surface area contributed by atoms with Crippen LogP contribution in [0, 0.1) is 11.8 Å². The van der Waals surface area contributed by atoms with Crippen LogP contribution < -0.4 is 15.7 Å². The molecule has 1 aliphatic carbocycles. The highest BCUT2D eigenvalue weighted by atomic mass is 35.5. The summed E-state index contributed by atoms with van der Waals surface area (Å²) in [4.78, 5) is 34.4. The molecule has 1 saturated carbocycles. The highest BCUT2D eigenvalue weighted by Crippen LogP contribution is 2.39. The first-order valence-corrected chi connectivity index (χ1v) is 15.1. The van der Waals surface area contributed by atoms with Gasteiger partial charge < -0.3 is 19.0 Å². The molecule has 3 aromatic rings. The van der Waals surface area contributed by atoms with Crippen LogP contribution in [-0.4, -0.2) is 50.9 Å². The summed E-state index contributed by atoms with van der Waals surface area (Å²) in [6.45, 7) is 5.00. The number of amides is 1. The molecule has 3 aliphatic heterocycles. The summed E-state index contributed by atoms with van der Waals surface area (Å²) in [5.41, 5.74) is 5.85. The smallest absolute Gasteiger partial charge is 0.376 e. The lowest BCUT2D eigenvalue weighted by Gasteiger charge is -2.44. The number of ether oxygens (including phenoxy) is 1. The fraction of sp³-hybridized carbons (Fsp3) is 0.586. The maximum atomic E-state index is 11.8. The van der Waals surface area contributed by atoms with Crippen molar-refractivity contribution < 1.29 is 14.4 Å². The molecule has 11 heteroatoms. The molecular weight excluding hydrogens is 530 g/mol. The van der Waals surface area contributed by atoms with E-state index in [9.17, 15) is 4.79 Å². The minimum absolute atomic E-state index is 0.232. The van der Waals surface area contributed by atoms with Crippen LogP contribution >= 0.6 is 11.6 Å². The number of rotatable bonds is 5. The lowest BCUT2D eigenvalue weighted by molar-refractivity contribution is -0.0158. The normalized spacial score (nSPS) is 28.8. The van der Waals surface area contributed by atoms with Crippen molar-refractivity contribution in [1.82, 2.24) is 30.3 Å². The van der Waals surface area contributed by atoms with Crippen LogP contribution in [0.4, 0.5) is 10.7 Å². The fourth-order valence-electron chi connectivity index (χ4n) is 6.91. The second-order valence-electron chi connectivity index (χ2n) is 11.8. The molecule has 7 rings (SSSR count). The molecule has 0 bridgehead atoms. The summed E-state index contributed by atoms with van der Waals surface area (Å²) in [6, 6.07) is 8.04.